The first kappa shape index (κ1) is 14.4. The molecule has 0 bridgehead atoms. The summed E-state index contributed by atoms with van der Waals surface area (Å²) in [5.74, 6) is 0.452. The van der Waals surface area contributed by atoms with Crippen molar-refractivity contribution in [2.45, 2.75) is 0 Å². The van der Waals surface area contributed by atoms with E-state index in [1.807, 2.05) is 0 Å². The second kappa shape index (κ2) is 5.97. The molecule has 0 radical (unpaired) electrons. The lowest BCUT2D eigenvalue weighted by Crippen LogP contribution is -2.22. The SMILES string of the molecule is COc1ccc([N+](=O)[O-])cc1/C=N/N1C(=O)CSC1=S. The predicted molar refractivity (Wildman–Crippen MR) is 79.1 cm³/mol. The molecule has 1 aromatic carbocycles. The molecule has 1 aromatic rings. The molecule has 1 amide bonds. The monoisotopic (exact) mass is 311 g/mol. The minimum atomic E-state index is -0.516. The molecule has 1 saturated heterocycles. The van der Waals surface area contributed by atoms with E-state index >= 15 is 0 Å². The van der Waals surface area contributed by atoms with Gasteiger partial charge in [-0.2, -0.15) is 10.1 Å². The number of nitro groups is 1. The van der Waals surface area contributed by atoms with Gasteiger partial charge in [-0.25, -0.2) is 0 Å². The van der Waals surface area contributed by atoms with Crippen molar-refractivity contribution in [3.05, 3.63) is 33.9 Å². The van der Waals surface area contributed by atoms with Crippen molar-refractivity contribution in [3.63, 3.8) is 0 Å². The number of nitro benzene ring substituents is 1. The lowest BCUT2D eigenvalue weighted by Gasteiger charge is -2.08. The second-order valence-corrected chi connectivity index (χ2v) is 5.30. The number of hydrogen-bond acceptors (Lipinski definition) is 7. The van der Waals surface area contributed by atoms with Gasteiger partial charge < -0.3 is 4.74 Å². The van der Waals surface area contributed by atoms with Gasteiger partial charge >= 0.3 is 0 Å². The fraction of sp³-hybridized carbons (Fsp3) is 0.182. The van der Waals surface area contributed by atoms with E-state index in [9.17, 15) is 14.9 Å². The summed E-state index contributed by atoms with van der Waals surface area (Å²) in [5, 5.41) is 15.8. The molecule has 0 saturated carbocycles. The average molecular weight is 311 g/mol. The van der Waals surface area contributed by atoms with Gasteiger partial charge in [-0.15, -0.1) is 0 Å². The van der Waals surface area contributed by atoms with Gasteiger partial charge in [-0.3, -0.25) is 14.9 Å². The Kier molecular flexibility index (Phi) is 4.30. The maximum atomic E-state index is 11.5. The second-order valence-electron chi connectivity index (χ2n) is 3.69. The minimum absolute atomic E-state index is 0.0862. The van der Waals surface area contributed by atoms with Crippen molar-refractivity contribution in [1.29, 1.82) is 0 Å². The zero-order chi connectivity index (χ0) is 14.7. The number of ether oxygens (including phenoxy) is 1. The third-order valence-electron chi connectivity index (χ3n) is 2.46. The van der Waals surface area contributed by atoms with E-state index in [0.717, 1.165) is 5.01 Å². The van der Waals surface area contributed by atoms with Crippen LogP contribution in [0.1, 0.15) is 5.56 Å². The number of thioether (sulfide) groups is 1. The van der Waals surface area contributed by atoms with Crippen LogP contribution in [0.5, 0.6) is 5.75 Å². The van der Waals surface area contributed by atoms with Gasteiger partial charge in [0, 0.05) is 17.7 Å². The zero-order valence-electron chi connectivity index (χ0n) is 10.3. The highest BCUT2D eigenvalue weighted by Gasteiger charge is 2.26. The van der Waals surface area contributed by atoms with Crippen LogP contribution in [0.3, 0.4) is 0 Å². The van der Waals surface area contributed by atoms with Crippen molar-refractivity contribution in [2.75, 3.05) is 12.9 Å². The van der Waals surface area contributed by atoms with Crippen molar-refractivity contribution in [3.8, 4) is 5.75 Å². The van der Waals surface area contributed by atoms with Gasteiger partial charge in [0.05, 0.1) is 24.0 Å². The molecule has 0 aromatic heterocycles. The van der Waals surface area contributed by atoms with Gasteiger partial charge in [0.25, 0.3) is 11.6 Å². The number of benzene rings is 1. The van der Waals surface area contributed by atoms with Crippen LogP contribution < -0.4 is 4.74 Å². The summed E-state index contributed by atoms with van der Waals surface area (Å²) in [6.07, 6.45) is 1.32. The summed E-state index contributed by atoms with van der Waals surface area (Å²) < 4.78 is 5.45. The number of carbonyl (C=O) groups is 1. The molecule has 2 rings (SSSR count). The molecule has 7 nitrogen and oxygen atoms in total. The van der Waals surface area contributed by atoms with Crippen molar-refractivity contribution in [1.82, 2.24) is 5.01 Å². The van der Waals surface area contributed by atoms with E-state index in [0.29, 0.717) is 15.6 Å². The number of thiocarbonyl (C=S) groups is 1. The van der Waals surface area contributed by atoms with Gasteiger partial charge in [0.1, 0.15) is 5.75 Å². The zero-order valence-corrected chi connectivity index (χ0v) is 11.9. The van der Waals surface area contributed by atoms with Crippen LogP contribution in [0.25, 0.3) is 0 Å². The molecule has 0 atom stereocenters. The number of amides is 1. The van der Waals surface area contributed by atoms with Crippen LogP contribution in [0, 0.1) is 10.1 Å². The molecule has 1 aliphatic heterocycles. The van der Waals surface area contributed by atoms with E-state index in [1.54, 1.807) is 0 Å². The Morgan fingerprint density at radius 2 is 2.35 bits per heavy atom. The highest BCUT2D eigenvalue weighted by atomic mass is 32.2. The van der Waals surface area contributed by atoms with Gasteiger partial charge in [-0.1, -0.05) is 24.0 Å². The third-order valence-corrected chi connectivity index (χ3v) is 3.80. The van der Waals surface area contributed by atoms with Crippen LogP contribution >= 0.6 is 24.0 Å². The van der Waals surface area contributed by atoms with Crippen LogP contribution in [0.15, 0.2) is 23.3 Å². The largest absolute Gasteiger partial charge is 0.496 e. The fourth-order valence-electron chi connectivity index (χ4n) is 1.52. The Morgan fingerprint density at radius 3 is 2.90 bits per heavy atom. The Bertz CT molecular complexity index is 602. The molecule has 1 aliphatic rings. The Balaban J connectivity index is 2.31. The highest BCUT2D eigenvalue weighted by molar-refractivity contribution is 8.23. The molecular formula is C11H9N3O4S2. The van der Waals surface area contributed by atoms with Crippen LogP contribution in [-0.2, 0) is 4.79 Å². The first-order chi connectivity index (χ1) is 9.52. The van der Waals surface area contributed by atoms with Crippen LogP contribution in [0.2, 0.25) is 0 Å². The minimum Gasteiger partial charge on any atom is -0.496 e. The maximum absolute atomic E-state index is 11.5. The average Bonchev–Trinajstić information content (AvgIpc) is 2.75. The van der Waals surface area contributed by atoms with Crippen molar-refractivity contribution < 1.29 is 14.5 Å². The lowest BCUT2D eigenvalue weighted by molar-refractivity contribution is -0.384. The molecular weight excluding hydrogens is 302 g/mol. The summed E-state index contributed by atoms with van der Waals surface area (Å²) in [7, 11) is 1.44. The van der Waals surface area contributed by atoms with Crippen molar-refractivity contribution >= 4 is 46.1 Å². The summed E-state index contributed by atoms with van der Waals surface area (Å²) >= 11 is 6.20. The van der Waals surface area contributed by atoms with Gasteiger partial charge in [-0.05, 0) is 6.07 Å². The Hall–Kier alpha value is -2.00. The first-order valence-electron chi connectivity index (χ1n) is 5.39. The number of rotatable bonds is 4. The maximum Gasteiger partial charge on any atom is 0.270 e. The van der Waals surface area contributed by atoms with E-state index in [2.05, 4.69) is 5.10 Å². The van der Waals surface area contributed by atoms with Crippen molar-refractivity contribution in [2.24, 2.45) is 5.10 Å². The normalized spacial score (nSPS) is 15.2. The smallest absolute Gasteiger partial charge is 0.270 e. The third kappa shape index (κ3) is 2.94. The Morgan fingerprint density at radius 1 is 1.60 bits per heavy atom. The number of hydrogen-bond donors (Lipinski definition) is 0. The number of nitrogens with zero attached hydrogens (tertiary/aromatic N) is 3. The molecule has 104 valence electrons. The topological polar surface area (TPSA) is 85.0 Å². The summed E-state index contributed by atoms with van der Waals surface area (Å²) in [4.78, 5) is 21.7. The van der Waals surface area contributed by atoms with Gasteiger partial charge in [0.2, 0.25) is 0 Å². The van der Waals surface area contributed by atoms with E-state index in [-0.39, 0.29) is 17.3 Å². The Labute approximate surface area is 123 Å². The molecule has 9 heteroatoms. The van der Waals surface area contributed by atoms with Crippen LogP contribution in [-0.4, -0.2) is 39.2 Å². The lowest BCUT2D eigenvalue weighted by atomic mass is 10.2. The van der Waals surface area contributed by atoms with E-state index < -0.39 is 4.92 Å². The summed E-state index contributed by atoms with van der Waals surface area (Å²) in [6, 6.07) is 4.12. The molecule has 1 fully saturated rings. The standard InChI is InChI=1S/C11H9N3O4S2/c1-18-9-3-2-8(14(16)17)4-7(9)5-12-13-10(15)6-20-11(13)19/h2-5H,6H2,1H3/b12-5+. The number of hydrazone groups is 1. The summed E-state index contributed by atoms with van der Waals surface area (Å²) in [6.45, 7) is 0. The fourth-order valence-corrected chi connectivity index (χ4v) is 2.48. The molecule has 0 N–H and O–H groups in total. The van der Waals surface area contributed by atoms with E-state index in [4.69, 9.17) is 17.0 Å². The first-order valence-corrected chi connectivity index (χ1v) is 6.78. The number of non-ortho nitro benzene ring substituents is 1. The quantitative estimate of drug-likeness (QED) is 0.365. The molecule has 0 unspecified atom stereocenters. The predicted octanol–water partition coefficient (Wildman–Crippen LogP) is 1.80. The number of carbonyl (C=O) groups excluding carboxylic acids is 1. The van der Waals surface area contributed by atoms with Gasteiger partial charge in [0.15, 0.2) is 4.32 Å². The van der Waals surface area contributed by atoms with Crippen LogP contribution in [0.4, 0.5) is 5.69 Å². The molecule has 0 aliphatic carbocycles. The number of methoxy groups -OCH3 is 1. The molecule has 1 heterocycles. The highest BCUT2D eigenvalue weighted by Crippen LogP contribution is 2.24. The molecule has 0 spiro atoms. The molecule has 20 heavy (non-hydrogen) atoms. The van der Waals surface area contributed by atoms with E-state index in [1.165, 1.54) is 43.3 Å². The summed E-state index contributed by atoms with van der Waals surface area (Å²) in [5.41, 5.74) is 0.311.